The normalized spacial score (nSPS) is 11.0. The molecule has 1 N–H and O–H groups in total. The van der Waals surface area contributed by atoms with E-state index in [0.29, 0.717) is 12.1 Å². The molecule has 6 nitrogen and oxygen atoms in total. The van der Waals surface area contributed by atoms with Crippen LogP contribution in [0.25, 0.3) is 11.0 Å². The zero-order valence-corrected chi connectivity index (χ0v) is 15.4. The van der Waals surface area contributed by atoms with Crippen LogP contribution in [0.5, 0.6) is 0 Å². The van der Waals surface area contributed by atoms with E-state index in [2.05, 4.69) is 21.9 Å². The Bertz CT molecular complexity index is 1100. The minimum atomic E-state index is -0.112. The Balaban J connectivity index is 1.64. The van der Waals surface area contributed by atoms with Crippen molar-refractivity contribution in [1.82, 2.24) is 19.3 Å². The summed E-state index contributed by atoms with van der Waals surface area (Å²) < 4.78 is 4.03. The summed E-state index contributed by atoms with van der Waals surface area (Å²) in [5.74, 6) is 0.831. The monoisotopic (exact) mass is 359 g/mol. The average molecular weight is 359 g/mol. The molecule has 2 aromatic heterocycles. The summed E-state index contributed by atoms with van der Waals surface area (Å²) in [6, 6.07) is 15.3. The smallest absolute Gasteiger partial charge is 0.255 e. The largest absolute Gasteiger partial charge is 0.327 e. The summed E-state index contributed by atoms with van der Waals surface area (Å²) in [5, 5.41) is 7.24. The maximum Gasteiger partial charge on any atom is 0.255 e. The number of nitrogens with one attached hydrogen (secondary N) is 1. The number of rotatable bonds is 5. The summed E-state index contributed by atoms with van der Waals surface area (Å²) in [4.78, 5) is 17.3. The zero-order chi connectivity index (χ0) is 18.8. The van der Waals surface area contributed by atoms with E-state index in [-0.39, 0.29) is 5.91 Å². The predicted octanol–water partition coefficient (Wildman–Crippen LogP) is 3.86. The molecule has 2 heterocycles. The second-order valence-electron chi connectivity index (χ2n) is 6.45. The van der Waals surface area contributed by atoms with Crippen molar-refractivity contribution < 1.29 is 4.79 Å². The third-order valence-electron chi connectivity index (χ3n) is 4.65. The van der Waals surface area contributed by atoms with Gasteiger partial charge in [-0.1, -0.05) is 18.2 Å². The van der Waals surface area contributed by atoms with Crippen LogP contribution in [0.15, 0.2) is 60.9 Å². The number of amides is 1. The fraction of sp³-hybridized carbons (Fsp3) is 0.190. The SMILES string of the molecule is CCn1c(Cn2cccn2)nc2cc(NC(=O)c3ccccc3C)ccc21. The molecule has 6 heteroatoms. The Hall–Kier alpha value is -3.41. The lowest BCUT2D eigenvalue weighted by Gasteiger charge is -2.08. The number of aromatic nitrogens is 4. The number of hydrogen-bond acceptors (Lipinski definition) is 3. The highest BCUT2D eigenvalue weighted by Crippen LogP contribution is 2.22. The molecule has 0 aliphatic carbocycles. The average Bonchev–Trinajstić information content (AvgIpc) is 3.29. The summed E-state index contributed by atoms with van der Waals surface area (Å²) in [7, 11) is 0. The van der Waals surface area contributed by atoms with Crippen molar-refractivity contribution in [2.24, 2.45) is 0 Å². The number of fused-ring (bicyclic) bond motifs is 1. The van der Waals surface area contributed by atoms with E-state index in [1.807, 2.05) is 66.3 Å². The molecule has 0 saturated heterocycles. The lowest BCUT2D eigenvalue weighted by Crippen LogP contribution is -2.13. The van der Waals surface area contributed by atoms with Gasteiger partial charge in [0.05, 0.1) is 17.6 Å². The van der Waals surface area contributed by atoms with Gasteiger partial charge in [0.2, 0.25) is 0 Å². The number of nitrogens with zero attached hydrogens (tertiary/aromatic N) is 4. The van der Waals surface area contributed by atoms with Crippen LogP contribution in [0.2, 0.25) is 0 Å². The number of carbonyl (C=O) groups is 1. The number of carbonyl (C=O) groups excluding carboxylic acids is 1. The van der Waals surface area contributed by atoms with Crippen LogP contribution in [-0.2, 0) is 13.1 Å². The zero-order valence-electron chi connectivity index (χ0n) is 15.4. The molecule has 4 rings (SSSR count). The fourth-order valence-corrected chi connectivity index (χ4v) is 3.30. The first kappa shape index (κ1) is 17.0. The highest BCUT2D eigenvalue weighted by Gasteiger charge is 2.13. The number of aryl methyl sites for hydroxylation is 2. The Morgan fingerprint density at radius 3 is 2.74 bits per heavy atom. The molecule has 4 aromatic rings. The van der Waals surface area contributed by atoms with Crippen molar-refractivity contribution >= 4 is 22.6 Å². The Morgan fingerprint density at radius 1 is 1.15 bits per heavy atom. The Morgan fingerprint density at radius 2 is 2.00 bits per heavy atom. The number of anilines is 1. The van der Waals surface area contributed by atoms with E-state index >= 15 is 0 Å². The molecule has 0 radical (unpaired) electrons. The molecule has 1 amide bonds. The van der Waals surface area contributed by atoms with E-state index in [9.17, 15) is 4.79 Å². The summed E-state index contributed by atoms with van der Waals surface area (Å²) in [5.41, 5.74) is 4.28. The highest BCUT2D eigenvalue weighted by molar-refractivity contribution is 6.05. The van der Waals surface area contributed by atoms with Crippen LogP contribution in [0.4, 0.5) is 5.69 Å². The van der Waals surface area contributed by atoms with Crippen LogP contribution in [0, 0.1) is 6.92 Å². The van der Waals surface area contributed by atoms with Gasteiger partial charge in [0.1, 0.15) is 5.82 Å². The van der Waals surface area contributed by atoms with Crippen LogP contribution in [-0.4, -0.2) is 25.2 Å². The molecule has 2 aromatic carbocycles. The maximum atomic E-state index is 12.6. The third-order valence-corrected chi connectivity index (χ3v) is 4.65. The predicted molar refractivity (Wildman–Crippen MR) is 106 cm³/mol. The quantitative estimate of drug-likeness (QED) is 0.588. The molecule has 0 bridgehead atoms. The number of benzene rings is 2. The topological polar surface area (TPSA) is 64.7 Å². The molecule has 0 fully saturated rings. The summed E-state index contributed by atoms with van der Waals surface area (Å²) in [6.07, 6.45) is 3.69. The molecule has 0 atom stereocenters. The minimum absolute atomic E-state index is 0.112. The van der Waals surface area contributed by atoms with Gasteiger partial charge < -0.3 is 9.88 Å². The number of imidazole rings is 1. The first-order chi connectivity index (χ1) is 13.2. The van der Waals surface area contributed by atoms with Crippen molar-refractivity contribution in [1.29, 1.82) is 0 Å². The van der Waals surface area contributed by atoms with Gasteiger partial charge in [-0.25, -0.2) is 4.98 Å². The van der Waals surface area contributed by atoms with Crippen molar-refractivity contribution in [2.45, 2.75) is 26.9 Å². The van der Waals surface area contributed by atoms with Crippen molar-refractivity contribution in [3.05, 3.63) is 77.9 Å². The minimum Gasteiger partial charge on any atom is -0.327 e. The second-order valence-corrected chi connectivity index (χ2v) is 6.45. The molecule has 0 spiro atoms. The molecular weight excluding hydrogens is 338 g/mol. The van der Waals surface area contributed by atoms with Gasteiger partial charge in [0.25, 0.3) is 5.91 Å². The van der Waals surface area contributed by atoms with Gasteiger partial charge in [-0.3, -0.25) is 9.48 Å². The standard InChI is InChI=1S/C21H21N5O/c1-3-26-19-10-9-16(23-21(27)17-8-5-4-7-15(17)2)13-18(19)24-20(26)14-25-12-6-11-22-25/h4-13H,3,14H2,1-2H3,(H,23,27). The molecule has 0 unspecified atom stereocenters. The second kappa shape index (κ2) is 7.07. The van der Waals surface area contributed by atoms with E-state index in [1.54, 1.807) is 6.20 Å². The fourth-order valence-electron chi connectivity index (χ4n) is 3.30. The van der Waals surface area contributed by atoms with E-state index in [0.717, 1.165) is 34.7 Å². The van der Waals surface area contributed by atoms with Crippen molar-refractivity contribution in [3.8, 4) is 0 Å². The Kier molecular flexibility index (Phi) is 4.46. The van der Waals surface area contributed by atoms with E-state index in [1.165, 1.54) is 0 Å². The first-order valence-electron chi connectivity index (χ1n) is 8.99. The Labute approximate surface area is 157 Å². The number of hydrogen-bond donors (Lipinski definition) is 1. The molecule has 0 aliphatic heterocycles. The molecule has 27 heavy (non-hydrogen) atoms. The maximum absolute atomic E-state index is 12.6. The van der Waals surface area contributed by atoms with Crippen molar-refractivity contribution in [2.75, 3.05) is 5.32 Å². The molecule has 136 valence electrons. The van der Waals surface area contributed by atoms with Gasteiger partial charge in [0.15, 0.2) is 0 Å². The van der Waals surface area contributed by atoms with Crippen LogP contribution in [0.1, 0.15) is 28.7 Å². The lowest BCUT2D eigenvalue weighted by molar-refractivity contribution is 0.102. The highest BCUT2D eigenvalue weighted by atomic mass is 16.1. The van der Waals surface area contributed by atoms with Crippen molar-refractivity contribution in [3.63, 3.8) is 0 Å². The lowest BCUT2D eigenvalue weighted by atomic mass is 10.1. The first-order valence-corrected chi connectivity index (χ1v) is 8.99. The molecule has 0 aliphatic rings. The van der Waals surface area contributed by atoms with Gasteiger partial charge in [-0.05, 0) is 49.7 Å². The van der Waals surface area contributed by atoms with E-state index in [4.69, 9.17) is 4.98 Å². The molecule has 0 saturated carbocycles. The van der Waals surface area contributed by atoms with Gasteiger partial charge in [0, 0.05) is 30.2 Å². The van der Waals surface area contributed by atoms with Crippen LogP contribution >= 0.6 is 0 Å². The summed E-state index contributed by atoms with van der Waals surface area (Å²) in [6.45, 7) is 5.46. The third kappa shape index (κ3) is 3.33. The van der Waals surface area contributed by atoms with Crippen LogP contribution in [0.3, 0.4) is 0 Å². The van der Waals surface area contributed by atoms with E-state index < -0.39 is 0 Å². The van der Waals surface area contributed by atoms with Crippen LogP contribution < -0.4 is 5.32 Å². The van der Waals surface area contributed by atoms with Gasteiger partial charge in [-0.2, -0.15) is 5.10 Å². The van der Waals surface area contributed by atoms with Gasteiger partial charge >= 0.3 is 0 Å². The molecular formula is C21H21N5O. The summed E-state index contributed by atoms with van der Waals surface area (Å²) >= 11 is 0. The van der Waals surface area contributed by atoms with Gasteiger partial charge in [-0.15, -0.1) is 0 Å².